The summed E-state index contributed by atoms with van der Waals surface area (Å²) in [6, 6.07) is 12.1. The van der Waals surface area contributed by atoms with E-state index >= 15 is 0 Å². The van der Waals surface area contributed by atoms with Crippen molar-refractivity contribution >= 4 is 5.69 Å². The van der Waals surface area contributed by atoms with Crippen LogP contribution in [0.15, 0.2) is 30.3 Å². The summed E-state index contributed by atoms with van der Waals surface area (Å²) < 4.78 is 5.94. The summed E-state index contributed by atoms with van der Waals surface area (Å²) in [6.45, 7) is 2.34. The first-order valence-corrected chi connectivity index (χ1v) is 8.10. The maximum atomic E-state index is 5.94. The fourth-order valence-electron chi connectivity index (χ4n) is 4.06. The van der Waals surface area contributed by atoms with Crippen molar-refractivity contribution in [2.45, 2.75) is 56.4 Å². The van der Waals surface area contributed by atoms with Crippen molar-refractivity contribution in [3.63, 3.8) is 0 Å². The molecule has 1 aromatic carbocycles. The molecule has 0 radical (unpaired) electrons. The maximum absolute atomic E-state index is 5.94. The van der Waals surface area contributed by atoms with Gasteiger partial charge in [-0.15, -0.1) is 0 Å². The summed E-state index contributed by atoms with van der Waals surface area (Å²) in [6.07, 6.45) is 7.37. The van der Waals surface area contributed by atoms with Crippen molar-refractivity contribution in [2.24, 2.45) is 0 Å². The first-order valence-electron chi connectivity index (χ1n) is 8.10. The quantitative estimate of drug-likeness (QED) is 0.915. The highest BCUT2D eigenvalue weighted by molar-refractivity contribution is 5.46. The number of hydrogen-bond donors (Lipinski definition) is 1. The number of hydrogen-bond acceptors (Lipinski definition) is 3. The Bertz CT molecular complexity index is 442. The second-order valence-corrected chi connectivity index (χ2v) is 6.48. The van der Waals surface area contributed by atoms with Gasteiger partial charge in [-0.3, -0.25) is 0 Å². The molecule has 3 nitrogen and oxygen atoms in total. The summed E-state index contributed by atoms with van der Waals surface area (Å²) in [5.74, 6) is 0. The molecule has 4 rings (SSSR count). The lowest BCUT2D eigenvalue weighted by atomic mass is 9.93. The van der Waals surface area contributed by atoms with Gasteiger partial charge in [-0.1, -0.05) is 18.2 Å². The zero-order chi connectivity index (χ0) is 13.4. The van der Waals surface area contributed by atoms with E-state index < -0.39 is 0 Å². The molecule has 0 aliphatic carbocycles. The highest BCUT2D eigenvalue weighted by Crippen LogP contribution is 2.35. The minimum atomic E-state index is 0.507. The average molecular weight is 272 g/mol. The van der Waals surface area contributed by atoms with E-state index in [0.717, 1.165) is 0 Å². The van der Waals surface area contributed by atoms with Gasteiger partial charge in [0.25, 0.3) is 0 Å². The molecule has 2 bridgehead atoms. The number of rotatable bonds is 3. The van der Waals surface area contributed by atoms with E-state index in [-0.39, 0.29) is 0 Å². The topological polar surface area (TPSA) is 24.5 Å². The van der Waals surface area contributed by atoms with Crippen molar-refractivity contribution in [2.75, 3.05) is 18.0 Å². The van der Waals surface area contributed by atoms with E-state index in [1.54, 1.807) is 0 Å². The van der Waals surface area contributed by atoms with Gasteiger partial charge in [0.1, 0.15) is 0 Å². The van der Waals surface area contributed by atoms with E-state index in [1.807, 2.05) is 0 Å². The number of piperidine rings is 1. The molecule has 3 unspecified atom stereocenters. The highest BCUT2D eigenvalue weighted by atomic mass is 16.5. The Morgan fingerprint density at radius 1 is 1.00 bits per heavy atom. The van der Waals surface area contributed by atoms with Crippen LogP contribution in [-0.2, 0) is 4.74 Å². The average Bonchev–Trinajstić information content (AvgIpc) is 3.12. The molecule has 3 heteroatoms. The van der Waals surface area contributed by atoms with Crippen LogP contribution in [0.2, 0.25) is 0 Å². The second kappa shape index (κ2) is 5.38. The van der Waals surface area contributed by atoms with Gasteiger partial charge in [0.2, 0.25) is 0 Å². The highest BCUT2D eigenvalue weighted by Gasteiger charge is 2.41. The summed E-state index contributed by atoms with van der Waals surface area (Å²) in [5, 5.41) is 3.87. The predicted molar refractivity (Wildman–Crippen MR) is 81.1 cm³/mol. The van der Waals surface area contributed by atoms with Crippen LogP contribution in [-0.4, -0.2) is 37.4 Å². The van der Waals surface area contributed by atoms with Crippen LogP contribution in [0, 0.1) is 0 Å². The molecular weight excluding hydrogens is 248 g/mol. The lowest BCUT2D eigenvalue weighted by Gasteiger charge is -2.36. The summed E-state index contributed by atoms with van der Waals surface area (Å²) >= 11 is 0. The molecule has 3 atom stereocenters. The molecular formula is C17H24N2O. The largest absolute Gasteiger partial charge is 0.373 e. The third-order valence-electron chi connectivity index (χ3n) is 5.17. The third-order valence-corrected chi connectivity index (χ3v) is 5.17. The molecule has 20 heavy (non-hydrogen) atoms. The molecule has 3 fully saturated rings. The second-order valence-electron chi connectivity index (χ2n) is 6.48. The molecule has 3 aliphatic heterocycles. The summed E-state index contributed by atoms with van der Waals surface area (Å²) in [7, 11) is 0. The third kappa shape index (κ3) is 2.45. The van der Waals surface area contributed by atoms with Crippen LogP contribution in [0.4, 0.5) is 5.69 Å². The number of ether oxygens (including phenoxy) is 1. The fourth-order valence-corrected chi connectivity index (χ4v) is 4.06. The van der Waals surface area contributed by atoms with Crippen molar-refractivity contribution in [3.8, 4) is 0 Å². The van der Waals surface area contributed by atoms with Gasteiger partial charge in [-0.25, -0.2) is 0 Å². The number of fused-ring (bicyclic) bond motifs is 2. The SMILES string of the molecule is c1ccc(N2CCC(NC3CC4CCC3O4)CC2)cc1. The zero-order valence-electron chi connectivity index (χ0n) is 12.0. The lowest BCUT2D eigenvalue weighted by Crippen LogP contribution is -2.49. The van der Waals surface area contributed by atoms with Crippen LogP contribution >= 0.6 is 0 Å². The van der Waals surface area contributed by atoms with Gasteiger partial charge in [-0.05, 0) is 44.2 Å². The molecule has 1 N–H and O–H groups in total. The Balaban J connectivity index is 1.29. The first-order chi connectivity index (χ1) is 9.88. The molecule has 0 spiro atoms. The van der Waals surface area contributed by atoms with E-state index in [9.17, 15) is 0 Å². The lowest BCUT2D eigenvalue weighted by molar-refractivity contribution is 0.0954. The predicted octanol–water partition coefficient (Wildman–Crippen LogP) is 2.56. The van der Waals surface area contributed by atoms with E-state index in [2.05, 4.69) is 40.5 Å². The van der Waals surface area contributed by atoms with Gasteiger partial charge in [-0.2, -0.15) is 0 Å². The molecule has 3 heterocycles. The van der Waals surface area contributed by atoms with Crippen molar-refractivity contribution in [3.05, 3.63) is 30.3 Å². The molecule has 1 aromatic rings. The van der Waals surface area contributed by atoms with Gasteiger partial charge in [0.05, 0.1) is 12.2 Å². The molecule has 3 aliphatic rings. The number of para-hydroxylation sites is 1. The molecule has 0 saturated carbocycles. The number of nitrogens with zero attached hydrogens (tertiary/aromatic N) is 1. The molecule has 3 saturated heterocycles. The van der Waals surface area contributed by atoms with E-state index in [1.165, 1.54) is 50.9 Å². The van der Waals surface area contributed by atoms with Crippen molar-refractivity contribution < 1.29 is 4.74 Å². The smallest absolute Gasteiger partial charge is 0.0733 e. The Morgan fingerprint density at radius 3 is 2.45 bits per heavy atom. The van der Waals surface area contributed by atoms with Crippen molar-refractivity contribution in [1.29, 1.82) is 0 Å². The van der Waals surface area contributed by atoms with Crippen LogP contribution in [0.5, 0.6) is 0 Å². The monoisotopic (exact) mass is 272 g/mol. The van der Waals surface area contributed by atoms with Gasteiger partial charge in [0, 0.05) is 30.9 Å². The Labute approximate surface area is 121 Å². The minimum absolute atomic E-state index is 0.507. The standard InChI is InChI=1S/C17H24N2O/c1-2-4-14(5-3-1)19-10-8-13(9-11-19)18-16-12-15-6-7-17(16)20-15/h1-5,13,15-18H,6-12H2. The van der Waals surface area contributed by atoms with Crippen LogP contribution in [0.3, 0.4) is 0 Å². The molecule has 108 valence electrons. The van der Waals surface area contributed by atoms with E-state index in [0.29, 0.717) is 24.3 Å². The zero-order valence-corrected chi connectivity index (χ0v) is 12.0. The maximum Gasteiger partial charge on any atom is 0.0733 e. The van der Waals surface area contributed by atoms with Crippen molar-refractivity contribution in [1.82, 2.24) is 5.32 Å². The summed E-state index contributed by atoms with van der Waals surface area (Å²) in [4.78, 5) is 2.51. The Morgan fingerprint density at radius 2 is 1.80 bits per heavy atom. The van der Waals surface area contributed by atoms with E-state index in [4.69, 9.17) is 4.74 Å². The van der Waals surface area contributed by atoms with Crippen LogP contribution in [0.25, 0.3) is 0 Å². The first kappa shape index (κ1) is 12.7. The van der Waals surface area contributed by atoms with Crippen LogP contribution in [0.1, 0.15) is 32.1 Å². The van der Waals surface area contributed by atoms with Gasteiger partial charge >= 0.3 is 0 Å². The molecule has 0 aromatic heterocycles. The molecule has 0 amide bonds. The number of anilines is 1. The Kier molecular flexibility index (Phi) is 3.41. The Hall–Kier alpha value is -1.06. The number of benzene rings is 1. The van der Waals surface area contributed by atoms with Gasteiger partial charge in [0.15, 0.2) is 0 Å². The minimum Gasteiger partial charge on any atom is -0.373 e. The van der Waals surface area contributed by atoms with Gasteiger partial charge < -0.3 is 15.0 Å². The normalized spacial score (nSPS) is 33.8. The fraction of sp³-hybridized carbons (Fsp3) is 0.647. The van der Waals surface area contributed by atoms with Crippen LogP contribution < -0.4 is 10.2 Å². The summed E-state index contributed by atoms with van der Waals surface area (Å²) in [5.41, 5.74) is 1.37. The number of nitrogens with one attached hydrogen (secondary N) is 1.